The Morgan fingerprint density at radius 2 is 1.25 bits per heavy atom. The van der Waals surface area contributed by atoms with Crippen molar-refractivity contribution in [2.75, 3.05) is 57.3 Å². The summed E-state index contributed by atoms with van der Waals surface area (Å²) in [5.41, 5.74) is 6.51. The van der Waals surface area contributed by atoms with Gasteiger partial charge in [0, 0.05) is 90.6 Å². The first-order valence-corrected chi connectivity index (χ1v) is 19.0. The van der Waals surface area contributed by atoms with Gasteiger partial charge in [0.05, 0.1) is 0 Å². The van der Waals surface area contributed by atoms with E-state index >= 15 is 0 Å². The highest BCUT2D eigenvalue weighted by Gasteiger charge is 2.34. The number of rotatable bonds is 12. The molecule has 0 aromatic heterocycles. The summed E-state index contributed by atoms with van der Waals surface area (Å²) in [6.07, 6.45) is 3.90. The molecule has 8 nitrogen and oxygen atoms in total. The zero-order valence-corrected chi connectivity index (χ0v) is 31.4. The van der Waals surface area contributed by atoms with Crippen molar-refractivity contribution in [3.05, 3.63) is 143 Å². The van der Waals surface area contributed by atoms with Crippen LogP contribution >= 0.6 is 0 Å². The van der Waals surface area contributed by atoms with Crippen LogP contribution in [-0.4, -0.2) is 95.7 Å². The third-order valence-corrected chi connectivity index (χ3v) is 10.6. The minimum Gasteiger partial charge on any atom is -0.368 e. The molecule has 8 heteroatoms. The van der Waals surface area contributed by atoms with Crippen LogP contribution in [0.15, 0.2) is 115 Å². The van der Waals surface area contributed by atoms with Crippen LogP contribution in [0.4, 0.5) is 5.69 Å². The molecule has 0 aliphatic carbocycles. The molecule has 0 saturated carbocycles. The molecule has 2 fully saturated rings. The van der Waals surface area contributed by atoms with Crippen LogP contribution in [0.25, 0.3) is 6.08 Å². The number of hydrogen-bond acceptors (Lipinski definition) is 5. The zero-order valence-electron chi connectivity index (χ0n) is 31.4. The number of hydrogen-bond donors (Lipinski definition) is 0. The molecule has 2 heterocycles. The molecule has 0 bridgehead atoms. The SMILES string of the molecule is CC(=O)N1CCN(c2ccc(CN(C(=O)C=Cc3ccc(C(C)C)cc3)[C@@H](Cc3ccccc3)C(=O)N3CCN(Cc4ccccc4)CC3)cc2)CC1. The van der Waals surface area contributed by atoms with E-state index in [0.717, 1.165) is 55.1 Å². The molecule has 6 rings (SSSR count). The van der Waals surface area contributed by atoms with E-state index in [2.05, 4.69) is 84.3 Å². The van der Waals surface area contributed by atoms with Gasteiger partial charge in [-0.3, -0.25) is 19.3 Å². The molecular formula is C45H53N5O3. The Bertz CT molecular complexity index is 1810. The van der Waals surface area contributed by atoms with Gasteiger partial charge in [0.2, 0.25) is 17.7 Å². The molecule has 4 aromatic carbocycles. The van der Waals surface area contributed by atoms with E-state index in [1.807, 2.05) is 64.4 Å². The van der Waals surface area contributed by atoms with Crippen LogP contribution in [0.2, 0.25) is 0 Å². The van der Waals surface area contributed by atoms with Gasteiger partial charge >= 0.3 is 0 Å². The Balaban J connectivity index is 1.25. The monoisotopic (exact) mass is 711 g/mol. The number of carbonyl (C=O) groups is 3. The number of anilines is 1. The summed E-state index contributed by atoms with van der Waals surface area (Å²) in [6, 6.07) is 36.4. The normalized spacial score (nSPS) is 15.9. The van der Waals surface area contributed by atoms with E-state index in [4.69, 9.17) is 0 Å². The molecular weight excluding hydrogens is 659 g/mol. The van der Waals surface area contributed by atoms with E-state index in [-0.39, 0.29) is 17.7 Å². The Labute approximate surface area is 315 Å². The smallest absolute Gasteiger partial charge is 0.247 e. The molecule has 2 aliphatic heterocycles. The third kappa shape index (κ3) is 10.2. The van der Waals surface area contributed by atoms with Crippen molar-refractivity contribution in [1.29, 1.82) is 0 Å². The standard InChI is InChI=1S/C45H53N5O3/c1-35(2)41-19-14-37(15-20-41)18-23-44(52)50(34-40-16-21-42(22-17-40)48-30-28-47(29-31-48)36(3)51)43(32-38-10-6-4-7-11-38)45(53)49-26-24-46(25-27-49)33-39-12-8-5-9-13-39/h4-23,35,43H,24-34H2,1-3H3/t43-/m0/s1. The first-order valence-electron chi connectivity index (χ1n) is 19.0. The summed E-state index contributed by atoms with van der Waals surface area (Å²) >= 11 is 0. The predicted octanol–water partition coefficient (Wildman–Crippen LogP) is 6.48. The van der Waals surface area contributed by atoms with Crippen LogP contribution in [0, 0.1) is 0 Å². The molecule has 0 spiro atoms. The maximum atomic E-state index is 14.7. The number of piperazine rings is 2. The van der Waals surface area contributed by atoms with Gasteiger partial charge in [-0.25, -0.2) is 0 Å². The Hall–Kier alpha value is -5.21. The largest absolute Gasteiger partial charge is 0.368 e. The van der Waals surface area contributed by atoms with Gasteiger partial charge in [-0.2, -0.15) is 0 Å². The van der Waals surface area contributed by atoms with E-state index in [0.29, 0.717) is 45.1 Å². The molecule has 4 aromatic rings. The van der Waals surface area contributed by atoms with Gasteiger partial charge in [-0.15, -0.1) is 0 Å². The number of benzene rings is 4. The van der Waals surface area contributed by atoms with Crippen molar-refractivity contribution in [3.8, 4) is 0 Å². The van der Waals surface area contributed by atoms with Crippen LogP contribution in [0.5, 0.6) is 0 Å². The minimum atomic E-state index is -0.683. The van der Waals surface area contributed by atoms with Gasteiger partial charge in [0.1, 0.15) is 6.04 Å². The van der Waals surface area contributed by atoms with Gasteiger partial charge in [-0.05, 0) is 51.9 Å². The summed E-state index contributed by atoms with van der Waals surface area (Å²) in [5.74, 6) is 0.322. The van der Waals surface area contributed by atoms with Crippen LogP contribution < -0.4 is 4.90 Å². The first kappa shape index (κ1) is 37.5. The molecule has 276 valence electrons. The van der Waals surface area contributed by atoms with Gasteiger partial charge in [0.25, 0.3) is 0 Å². The molecule has 2 saturated heterocycles. The van der Waals surface area contributed by atoms with E-state index in [1.54, 1.807) is 17.9 Å². The lowest BCUT2D eigenvalue weighted by Crippen LogP contribution is -2.56. The molecule has 2 aliphatic rings. The Kier molecular flexibility index (Phi) is 12.8. The molecule has 3 amide bonds. The lowest BCUT2D eigenvalue weighted by Gasteiger charge is -2.39. The van der Waals surface area contributed by atoms with E-state index in [9.17, 15) is 14.4 Å². The summed E-state index contributed by atoms with van der Waals surface area (Å²) in [7, 11) is 0. The third-order valence-electron chi connectivity index (χ3n) is 10.6. The van der Waals surface area contributed by atoms with E-state index in [1.165, 1.54) is 11.1 Å². The summed E-state index contributed by atoms with van der Waals surface area (Å²) in [6.45, 7) is 12.9. The lowest BCUT2D eigenvalue weighted by molar-refractivity contribution is -0.145. The lowest BCUT2D eigenvalue weighted by atomic mass is 10.0. The Morgan fingerprint density at radius 1 is 0.660 bits per heavy atom. The molecule has 1 atom stereocenters. The fraction of sp³-hybridized carbons (Fsp3) is 0.356. The van der Waals surface area contributed by atoms with Crippen molar-refractivity contribution in [3.63, 3.8) is 0 Å². The number of nitrogens with zero attached hydrogens (tertiary/aromatic N) is 5. The highest BCUT2D eigenvalue weighted by molar-refractivity contribution is 5.96. The van der Waals surface area contributed by atoms with Crippen molar-refractivity contribution in [1.82, 2.24) is 19.6 Å². The van der Waals surface area contributed by atoms with Crippen molar-refractivity contribution >= 4 is 29.5 Å². The maximum absolute atomic E-state index is 14.7. The van der Waals surface area contributed by atoms with Gasteiger partial charge < -0.3 is 19.6 Å². The summed E-state index contributed by atoms with van der Waals surface area (Å²) in [5, 5.41) is 0. The van der Waals surface area contributed by atoms with Crippen molar-refractivity contribution < 1.29 is 14.4 Å². The highest BCUT2D eigenvalue weighted by atomic mass is 16.2. The maximum Gasteiger partial charge on any atom is 0.247 e. The molecule has 0 N–H and O–H groups in total. The Morgan fingerprint density at radius 3 is 1.83 bits per heavy atom. The topological polar surface area (TPSA) is 67.4 Å². The molecule has 0 radical (unpaired) electrons. The van der Waals surface area contributed by atoms with Gasteiger partial charge in [0.15, 0.2) is 0 Å². The van der Waals surface area contributed by atoms with Gasteiger partial charge in [-0.1, -0.05) is 111 Å². The molecule has 53 heavy (non-hydrogen) atoms. The van der Waals surface area contributed by atoms with Crippen molar-refractivity contribution in [2.24, 2.45) is 0 Å². The molecule has 0 unspecified atom stereocenters. The quantitative estimate of drug-likeness (QED) is 0.158. The highest BCUT2D eigenvalue weighted by Crippen LogP contribution is 2.23. The fourth-order valence-corrected chi connectivity index (χ4v) is 7.23. The second-order valence-corrected chi connectivity index (χ2v) is 14.6. The minimum absolute atomic E-state index is 0.0174. The second kappa shape index (κ2) is 18.0. The first-order chi connectivity index (χ1) is 25.7. The summed E-state index contributed by atoms with van der Waals surface area (Å²) < 4.78 is 0. The fourth-order valence-electron chi connectivity index (χ4n) is 7.23. The van der Waals surface area contributed by atoms with Crippen LogP contribution in [0.3, 0.4) is 0 Å². The average Bonchev–Trinajstić information content (AvgIpc) is 3.19. The van der Waals surface area contributed by atoms with Crippen LogP contribution in [0.1, 0.15) is 54.5 Å². The number of carbonyl (C=O) groups excluding carboxylic acids is 3. The zero-order chi connectivity index (χ0) is 37.2. The van der Waals surface area contributed by atoms with E-state index < -0.39 is 6.04 Å². The summed E-state index contributed by atoms with van der Waals surface area (Å²) in [4.78, 5) is 51.2. The average molecular weight is 712 g/mol. The van der Waals surface area contributed by atoms with Crippen molar-refractivity contribution in [2.45, 2.75) is 52.2 Å². The number of amides is 3. The van der Waals surface area contributed by atoms with Crippen LogP contribution in [-0.2, 0) is 33.9 Å². The predicted molar refractivity (Wildman–Crippen MR) is 213 cm³/mol. The second-order valence-electron chi connectivity index (χ2n) is 14.6.